The van der Waals surface area contributed by atoms with Gasteiger partial charge in [0, 0.05) is 56.9 Å². The highest BCUT2D eigenvalue weighted by Crippen LogP contribution is 2.33. The average molecular weight is 561 g/mol. The van der Waals surface area contributed by atoms with Crippen molar-refractivity contribution in [2.24, 2.45) is 0 Å². The van der Waals surface area contributed by atoms with Crippen LogP contribution in [0.15, 0.2) is 85.1 Å². The van der Waals surface area contributed by atoms with E-state index < -0.39 is 11.7 Å². The second-order valence-electron chi connectivity index (χ2n) is 10.6. The number of nitrogens with zero attached hydrogens (tertiary/aromatic N) is 4. The van der Waals surface area contributed by atoms with Gasteiger partial charge in [-0.2, -0.15) is 13.2 Å². The summed E-state index contributed by atoms with van der Waals surface area (Å²) < 4.78 is 47.4. The number of amides is 1. The van der Waals surface area contributed by atoms with Gasteiger partial charge in [-0.05, 0) is 47.9 Å². The smallest absolute Gasteiger partial charge is 0.416 e. The first-order valence-electron chi connectivity index (χ1n) is 13.9. The van der Waals surface area contributed by atoms with E-state index in [-0.39, 0.29) is 5.91 Å². The number of fused-ring (bicyclic) bond motifs is 1. The van der Waals surface area contributed by atoms with E-state index >= 15 is 0 Å². The first kappa shape index (κ1) is 26.9. The molecule has 41 heavy (non-hydrogen) atoms. The summed E-state index contributed by atoms with van der Waals surface area (Å²) in [7, 11) is 0. The molecule has 6 nitrogen and oxygen atoms in total. The lowest BCUT2D eigenvalue weighted by Gasteiger charge is -2.36. The number of carbonyl (C=O) groups is 1. The normalized spacial score (nSPS) is 17.3. The number of halogens is 3. The molecule has 9 heteroatoms. The standard InChI is InChI=1S/C32H31F3N4O2/c33-32(34,35)26-7-4-8-27(19-26)37-15-17-38(18-16-37)31(40)29-21-39-20-25(11-14-30(39)36-29)24-9-12-28(13-10-24)41-22-23-5-2-1-3-6-23/h1-10,12-13,19,21,25H,11,14-18,20,22H2. The summed E-state index contributed by atoms with van der Waals surface area (Å²) in [6, 6.07) is 23.7. The van der Waals surface area contributed by atoms with Crippen LogP contribution in [0.25, 0.3) is 0 Å². The summed E-state index contributed by atoms with van der Waals surface area (Å²) in [6.45, 7) is 3.07. The molecule has 1 saturated heterocycles. The van der Waals surface area contributed by atoms with Crippen molar-refractivity contribution in [3.8, 4) is 5.75 Å². The summed E-state index contributed by atoms with van der Waals surface area (Å²) in [5.74, 6) is 1.93. The third kappa shape index (κ3) is 6.09. The van der Waals surface area contributed by atoms with Crippen molar-refractivity contribution in [1.29, 1.82) is 0 Å². The Kier molecular flexibility index (Phi) is 7.43. The summed E-state index contributed by atoms with van der Waals surface area (Å²) in [4.78, 5) is 21.5. The van der Waals surface area contributed by atoms with E-state index in [1.165, 1.54) is 17.7 Å². The molecule has 0 aliphatic carbocycles. The molecule has 6 rings (SSSR count). The molecule has 0 saturated carbocycles. The Hall–Kier alpha value is -4.27. The van der Waals surface area contributed by atoms with Crippen molar-refractivity contribution in [2.45, 2.75) is 38.1 Å². The van der Waals surface area contributed by atoms with E-state index in [2.05, 4.69) is 21.7 Å². The van der Waals surface area contributed by atoms with Crippen molar-refractivity contribution in [2.75, 3.05) is 31.1 Å². The maximum absolute atomic E-state index is 13.3. The Bertz CT molecular complexity index is 1490. The van der Waals surface area contributed by atoms with Crippen molar-refractivity contribution in [3.05, 3.63) is 113 Å². The molecule has 2 aliphatic heterocycles. The van der Waals surface area contributed by atoms with Crippen molar-refractivity contribution in [1.82, 2.24) is 14.5 Å². The van der Waals surface area contributed by atoms with Crippen LogP contribution in [0.2, 0.25) is 0 Å². The number of ether oxygens (including phenoxy) is 1. The van der Waals surface area contributed by atoms with E-state index in [9.17, 15) is 18.0 Å². The molecule has 1 fully saturated rings. The number of carbonyl (C=O) groups excluding carboxylic acids is 1. The molecule has 0 N–H and O–H groups in total. The highest BCUT2D eigenvalue weighted by atomic mass is 19.4. The van der Waals surface area contributed by atoms with Gasteiger partial charge in [-0.15, -0.1) is 0 Å². The fraction of sp³-hybridized carbons (Fsp3) is 0.312. The minimum atomic E-state index is -4.38. The SMILES string of the molecule is O=C(c1cn2c(n1)CCC(c1ccc(OCc3ccccc3)cc1)C2)N1CCN(c2cccc(C(F)(F)F)c2)CC1. The number of benzene rings is 3. The number of alkyl halides is 3. The molecule has 1 aromatic heterocycles. The zero-order chi connectivity index (χ0) is 28.4. The van der Waals surface area contributed by atoms with Gasteiger partial charge < -0.3 is 19.1 Å². The highest BCUT2D eigenvalue weighted by molar-refractivity contribution is 5.92. The van der Waals surface area contributed by atoms with Gasteiger partial charge in [-0.3, -0.25) is 4.79 Å². The van der Waals surface area contributed by atoms with Crippen LogP contribution in [-0.2, 0) is 25.7 Å². The molecule has 212 valence electrons. The number of rotatable bonds is 6. The lowest BCUT2D eigenvalue weighted by Crippen LogP contribution is -2.49. The third-order valence-electron chi connectivity index (χ3n) is 7.92. The molecule has 4 aromatic rings. The topological polar surface area (TPSA) is 50.6 Å². The van der Waals surface area contributed by atoms with Crippen LogP contribution in [-0.4, -0.2) is 46.5 Å². The first-order chi connectivity index (χ1) is 19.8. The number of aryl methyl sites for hydroxylation is 1. The number of piperazine rings is 1. The summed E-state index contributed by atoms with van der Waals surface area (Å²) in [6.07, 6.45) is -0.800. The minimum absolute atomic E-state index is 0.132. The monoisotopic (exact) mass is 560 g/mol. The second-order valence-corrected chi connectivity index (χ2v) is 10.6. The van der Waals surface area contributed by atoms with Gasteiger partial charge >= 0.3 is 6.18 Å². The van der Waals surface area contributed by atoms with Gasteiger partial charge in [0.2, 0.25) is 0 Å². The Morgan fingerprint density at radius 2 is 1.68 bits per heavy atom. The van der Waals surface area contributed by atoms with Crippen LogP contribution in [0.4, 0.5) is 18.9 Å². The summed E-state index contributed by atoms with van der Waals surface area (Å²) in [5, 5.41) is 0. The number of anilines is 1. The van der Waals surface area contributed by atoms with E-state index in [0.29, 0.717) is 50.1 Å². The number of imidazole rings is 1. The van der Waals surface area contributed by atoms with Crippen LogP contribution >= 0.6 is 0 Å². The minimum Gasteiger partial charge on any atom is -0.489 e. The van der Waals surface area contributed by atoms with Gasteiger partial charge in [-0.25, -0.2) is 4.98 Å². The zero-order valence-corrected chi connectivity index (χ0v) is 22.6. The summed E-state index contributed by atoms with van der Waals surface area (Å²) in [5.41, 5.74) is 2.64. The van der Waals surface area contributed by atoms with E-state index in [0.717, 1.165) is 42.6 Å². The molecule has 2 aliphatic rings. The first-order valence-corrected chi connectivity index (χ1v) is 13.9. The lowest BCUT2D eigenvalue weighted by molar-refractivity contribution is -0.137. The molecule has 3 heterocycles. The molecule has 1 atom stereocenters. The molecule has 1 unspecified atom stereocenters. The molecule has 1 amide bonds. The molecule has 0 bridgehead atoms. The number of aromatic nitrogens is 2. The predicted molar refractivity (Wildman–Crippen MR) is 150 cm³/mol. The van der Waals surface area contributed by atoms with Gasteiger partial charge in [0.25, 0.3) is 5.91 Å². The Labute approximate surface area is 237 Å². The van der Waals surface area contributed by atoms with Gasteiger partial charge in [0.1, 0.15) is 23.9 Å². The number of hydrogen-bond acceptors (Lipinski definition) is 4. The second kappa shape index (κ2) is 11.3. The van der Waals surface area contributed by atoms with Crippen molar-refractivity contribution in [3.63, 3.8) is 0 Å². The van der Waals surface area contributed by atoms with Crippen LogP contribution in [0.5, 0.6) is 5.75 Å². The van der Waals surface area contributed by atoms with E-state index in [1.807, 2.05) is 53.6 Å². The molecule has 3 aromatic carbocycles. The molecule has 0 radical (unpaired) electrons. The largest absolute Gasteiger partial charge is 0.489 e. The van der Waals surface area contributed by atoms with Crippen LogP contribution in [0.3, 0.4) is 0 Å². The van der Waals surface area contributed by atoms with Crippen molar-refractivity contribution < 1.29 is 22.7 Å². The van der Waals surface area contributed by atoms with Crippen LogP contribution in [0, 0.1) is 0 Å². The fourth-order valence-corrected chi connectivity index (χ4v) is 5.60. The van der Waals surface area contributed by atoms with Gasteiger partial charge in [-0.1, -0.05) is 48.5 Å². The predicted octanol–water partition coefficient (Wildman–Crippen LogP) is 6.17. The molecular formula is C32H31F3N4O2. The Morgan fingerprint density at radius 3 is 2.41 bits per heavy atom. The van der Waals surface area contributed by atoms with E-state index in [1.54, 1.807) is 11.0 Å². The van der Waals surface area contributed by atoms with E-state index in [4.69, 9.17) is 4.74 Å². The maximum Gasteiger partial charge on any atom is 0.416 e. The fourth-order valence-electron chi connectivity index (χ4n) is 5.60. The number of hydrogen-bond donors (Lipinski definition) is 0. The Balaban J connectivity index is 1.04. The molecule has 0 spiro atoms. The Morgan fingerprint density at radius 1 is 0.927 bits per heavy atom. The van der Waals surface area contributed by atoms with Crippen molar-refractivity contribution >= 4 is 11.6 Å². The van der Waals surface area contributed by atoms with Crippen LogP contribution in [0.1, 0.15) is 45.3 Å². The average Bonchev–Trinajstić information content (AvgIpc) is 3.44. The lowest BCUT2D eigenvalue weighted by atomic mass is 9.91. The zero-order valence-electron chi connectivity index (χ0n) is 22.6. The quantitative estimate of drug-likeness (QED) is 0.283. The van der Waals surface area contributed by atoms with Gasteiger partial charge in [0.05, 0.1) is 5.56 Å². The summed E-state index contributed by atoms with van der Waals surface area (Å²) >= 11 is 0. The van der Waals surface area contributed by atoms with Gasteiger partial charge in [0.15, 0.2) is 0 Å². The van der Waals surface area contributed by atoms with Crippen LogP contribution < -0.4 is 9.64 Å². The highest BCUT2D eigenvalue weighted by Gasteiger charge is 2.32. The third-order valence-corrected chi connectivity index (χ3v) is 7.92. The molecular weight excluding hydrogens is 529 g/mol. The maximum atomic E-state index is 13.3.